The molecule has 1 aromatic carbocycles. The Morgan fingerprint density at radius 3 is 2.17 bits per heavy atom. The van der Waals surface area contributed by atoms with Crippen molar-refractivity contribution in [1.82, 2.24) is 4.98 Å². The van der Waals surface area contributed by atoms with Crippen LogP contribution in [0.4, 0.5) is 5.69 Å². The summed E-state index contributed by atoms with van der Waals surface area (Å²) < 4.78 is 4.69. The number of aromatic nitrogens is 1. The van der Waals surface area contributed by atoms with Crippen LogP contribution in [-0.4, -0.2) is 26.1 Å². The van der Waals surface area contributed by atoms with Crippen LogP contribution in [0.15, 0.2) is 24.3 Å². The lowest BCUT2D eigenvalue weighted by Crippen LogP contribution is -2.37. The first-order valence-corrected chi connectivity index (χ1v) is 11.3. The number of rotatable bonds is 3. The number of nitrogen functional groups attached to an aromatic ring is 1. The number of esters is 1. The maximum Gasteiger partial charge on any atom is 0.358 e. The number of hydrogen-bond acceptors (Lipinski definition) is 4. The Morgan fingerprint density at radius 2 is 1.70 bits per heavy atom. The van der Waals surface area contributed by atoms with Crippen LogP contribution < -0.4 is 10.9 Å². The lowest BCUT2D eigenvalue weighted by molar-refractivity contribution is 0.0594. The van der Waals surface area contributed by atoms with Gasteiger partial charge in [-0.3, -0.25) is 0 Å². The summed E-state index contributed by atoms with van der Waals surface area (Å²) in [7, 11) is -0.141. The zero-order chi connectivity index (χ0) is 17.4. The van der Waals surface area contributed by atoms with Crippen molar-refractivity contribution in [2.24, 2.45) is 0 Å². The highest BCUT2D eigenvalue weighted by Crippen LogP contribution is 2.37. The van der Waals surface area contributed by atoms with E-state index < -0.39 is 14.0 Å². The van der Waals surface area contributed by atoms with Gasteiger partial charge in [0.05, 0.1) is 36.6 Å². The molecule has 122 valence electrons. The molecule has 0 spiro atoms. The van der Waals surface area contributed by atoms with Crippen LogP contribution in [0.3, 0.4) is 0 Å². The summed E-state index contributed by atoms with van der Waals surface area (Å²) in [6.45, 7) is 6.80. The van der Waals surface area contributed by atoms with Gasteiger partial charge < -0.3 is 10.5 Å². The van der Waals surface area contributed by atoms with Gasteiger partial charge in [0.2, 0.25) is 0 Å². The molecule has 4 nitrogen and oxygen atoms in total. The molecule has 0 fully saturated rings. The normalized spacial score (nSPS) is 11.4. The quantitative estimate of drug-likeness (QED) is 0.657. The molecule has 2 N–H and O–H groups in total. The second-order valence-corrected chi connectivity index (χ2v) is 12.0. The van der Waals surface area contributed by atoms with Crippen molar-refractivity contribution in [3.63, 3.8) is 0 Å². The number of ether oxygens (including phenoxy) is 1. The van der Waals surface area contributed by atoms with Crippen molar-refractivity contribution >= 4 is 48.1 Å². The second-order valence-electron chi connectivity index (χ2n) is 6.17. The van der Waals surface area contributed by atoms with Gasteiger partial charge in [0, 0.05) is 5.56 Å². The predicted molar refractivity (Wildman–Crippen MR) is 98.4 cm³/mol. The van der Waals surface area contributed by atoms with Gasteiger partial charge in [0.15, 0.2) is 5.69 Å². The summed E-state index contributed by atoms with van der Waals surface area (Å²) in [4.78, 5) is 16.1. The fourth-order valence-electron chi connectivity index (χ4n) is 2.11. The summed E-state index contributed by atoms with van der Waals surface area (Å²) in [5.41, 5.74) is 7.17. The van der Waals surface area contributed by atoms with E-state index in [0.29, 0.717) is 5.69 Å². The van der Waals surface area contributed by atoms with Gasteiger partial charge in [-0.2, -0.15) is 0 Å². The van der Waals surface area contributed by atoms with Crippen molar-refractivity contribution in [2.75, 3.05) is 12.8 Å². The largest absolute Gasteiger partial charge is 0.464 e. The van der Waals surface area contributed by atoms with Crippen LogP contribution >= 0.6 is 23.2 Å². The van der Waals surface area contributed by atoms with Gasteiger partial charge in [0.25, 0.3) is 0 Å². The number of nitrogens with two attached hydrogens (primary N) is 1. The maximum absolute atomic E-state index is 11.8. The average Bonchev–Trinajstić information content (AvgIpc) is 2.51. The highest BCUT2D eigenvalue weighted by atomic mass is 35.5. The third-order valence-corrected chi connectivity index (χ3v) is 6.35. The van der Waals surface area contributed by atoms with Crippen LogP contribution in [0.25, 0.3) is 11.3 Å². The Bertz CT molecular complexity index is 756. The number of nitrogens with zero attached hydrogens (tertiary/aromatic N) is 1. The third kappa shape index (κ3) is 3.52. The van der Waals surface area contributed by atoms with Crippen LogP contribution in [-0.2, 0) is 4.74 Å². The van der Waals surface area contributed by atoms with E-state index >= 15 is 0 Å². The van der Waals surface area contributed by atoms with Gasteiger partial charge in [-0.1, -0.05) is 72.3 Å². The SMILES string of the molecule is COC(=O)c1nc(-c2ccc([Si](C)(C)C)cc2)c(Cl)c(N)c1Cl. The van der Waals surface area contributed by atoms with E-state index in [2.05, 4.69) is 41.5 Å². The minimum Gasteiger partial charge on any atom is -0.464 e. The number of hydrogen-bond donors (Lipinski definition) is 1. The number of carbonyl (C=O) groups excluding carboxylic acids is 1. The zero-order valence-electron chi connectivity index (χ0n) is 13.4. The lowest BCUT2D eigenvalue weighted by Gasteiger charge is -2.17. The Morgan fingerprint density at radius 1 is 1.13 bits per heavy atom. The van der Waals surface area contributed by atoms with Crippen molar-refractivity contribution in [1.29, 1.82) is 0 Å². The van der Waals surface area contributed by atoms with Crippen LogP contribution in [0.1, 0.15) is 10.5 Å². The molecule has 0 radical (unpaired) electrons. The molecule has 2 aromatic rings. The lowest BCUT2D eigenvalue weighted by atomic mass is 10.1. The Hall–Kier alpha value is -1.56. The monoisotopic (exact) mass is 368 g/mol. The molecular formula is C16H18Cl2N2O2Si. The number of methoxy groups -OCH3 is 1. The van der Waals surface area contributed by atoms with Crippen molar-refractivity contribution in [3.8, 4) is 11.3 Å². The molecule has 0 amide bonds. The molecule has 0 saturated carbocycles. The molecule has 0 unspecified atom stereocenters. The second kappa shape index (κ2) is 6.51. The molecule has 1 heterocycles. The number of anilines is 1. The maximum atomic E-state index is 11.8. The first-order chi connectivity index (χ1) is 10.7. The molecule has 0 aliphatic rings. The highest BCUT2D eigenvalue weighted by molar-refractivity contribution is 6.88. The van der Waals surface area contributed by atoms with E-state index in [-0.39, 0.29) is 21.4 Å². The molecule has 0 aliphatic carbocycles. The van der Waals surface area contributed by atoms with Crippen molar-refractivity contribution in [2.45, 2.75) is 19.6 Å². The summed E-state index contributed by atoms with van der Waals surface area (Å²) >= 11 is 12.3. The van der Waals surface area contributed by atoms with Gasteiger partial charge in [-0.15, -0.1) is 0 Å². The predicted octanol–water partition coefficient (Wildman–Crippen LogP) is 3.97. The topological polar surface area (TPSA) is 65.2 Å². The van der Waals surface area contributed by atoms with E-state index in [1.54, 1.807) is 0 Å². The molecule has 2 rings (SSSR count). The minimum atomic E-state index is -1.40. The average molecular weight is 369 g/mol. The van der Waals surface area contributed by atoms with E-state index in [1.807, 2.05) is 12.1 Å². The third-order valence-electron chi connectivity index (χ3n) is 3.52. The summed E-state index contributed by atoms with van der Waals surface area (Å²) in [6, 6.07) is 7.97. The van der Waals surface area contributed by atoms with E-state index in [9.17, 15) is 4.79 Å². The van der Waals surface area contributed by atoms with E-state index in [4.69, 9.17) is 28.9 Å². The first kappa shape index (κ1) is 17.8. The van der Waals surface area contributed by atoms with Crippen molar-refractivity contribution < 1.29 is 9.53 Å². The summed E-state index contributed by atoms with van der Waals surface area (Å²) in [6.07, 6.45) is 0. The van der Waals surface area contributed by atoms with Crippen LogP contribution in [0.5, 0.6) is 0 Å². The highest BCUT2D eigenvalue weighted by Gasteiger charge is 2.22. The number of pyridine rings is 1. The molecule has 1 aromatic heterocycles. The fraction of sp³-hybridized carbons (Fsp3) is 0.250. The summed E-state index contributed by atoms with van der Waals surface area (Å²) in [5.74, 6) is -0.654. The zero-order valence-corrected chi connectivity index (χ0v) is 15.9. The van der Waals surface area contributed by atoms with Gasteiger partial charge in [0.1, 0.15) is 0 Å². The first-order valence-electron chi connectivity index (χ1n) is 7.00. The van der Waals surface area contributed by atoms with Gasteiger partial charge in [-0.05, 0) is 0 Å². The molecule has 0 atom stereocenters. The smallest absolute Gasteiger partial charge is 0.358 e. The number of carbonyl (C=O) groups is 1. The Labute approximate surface area is 146 Å². The molecule has 7 heteroatoms. The number of halogens is 2. The van der Waals surface area contributed by atoms with Gasteiger partial charge in [-0.25, -0.2) is 9.78 Å². The van der Waals surface area contributed by atoms with Gasteiger partial charge >= 0.3 is 5.97 Å². The Balaban J connectivity index is 2.59. The molecule has 0 bridgehead atoms. The summed E-state index contributed by atoms with van der Waals surface area (Å²) in [5, 5.41) is 1.54. The molecule has 23 heavy (non-hydrogen) atoms. The number of benzene rings is 1. The van der Waals surface area contributed by atoms with E-state index in [0.717, 1.165) is 5.56 Å². The van der Waals surface area contributed by atoms with Crippen LogP contribution in [0.2, 0.25) is 29.7 Å². The fourth-order valence-corrected chi connectivity index (χ4v) is 3.79. The molecule has 0 aliphatic heterocycles. The van der Waals surface area contributed by atoms with Crippen molar-refractivity contribution in [3.05, 3.63) is 40.0 Å². The van der Waals surface area contributed by atoms with Crippen LogP contribution in [0, 0.1) is 0 Å². The standard InChI is InChI=1S/C16H18Cl2N2O2Si/c1-22-16(21)15-12(18)13(19)11(17)14(20-15)9-5-7-10(8-6-9)23(2,3)4/h5-8H,1-4H3,(H2,19,20). The molecular weight excluding hydrogens is 351 g/mol. The van der Waals surface area contributed by atoms with E-state index in [1.165, 1.54) is 12.3 Å². The molecule has 0 saturated heterocycles. The minimum absolute atomic E-state index is 0.00400. The Kier molecular flexibility index (Phi) is 5.03.